The van der Waals surface area contributed by atoms with Crippen LogP contribution in [0.25, 0.3) is 0 Å². The molecule has 0 unspecified atom stereocenters. The average molecular weight is 283 g/mol. The molecule has 0 N–H and O–H groups in total. The molecular formula is C12H20Sn. The molecule has 0 radical (unpaired) electrons. The van der Waals surface area contributed by atoms with Gasteiger partial charge in [0.15, 0.2) is 0 Å². The van der Waals surface area contributed by atoms with E-state index in [1.54, 1.807) is 3.58 Å². The molecule has 1 heteroatoms. The van der Waals surface area contributed by atoms with Crippen LogP contribution >= 0.6 is 0 Å². The van der Waals surface area contributed by atoms with Gasteiger partial charge in [-0.3, -0.25) is 0 Å². The van der Waals surface area contributed by atoms with Gasteiger partial charge in [-0.15, -0.1) is 0 Å². The molecule has 0 aliphatic carbocycles. The van der Waals surface area contributed by atoms with E-state index < -0.39 is 18.4 Å². The first-order valence-corrected chi connectivity index (χ1v) is 15.0. The zero-order valence-corrected chi connectivity index (χ0v) is 12.2. The fourth-order valence-corrected chi connectivity index (χ4v) is 4.70. The summed E-state index contributed by atoms with van der Waals surface area (Å²) >= 11 is -1.79. The van der Waals surface area contributed by atoms with Crippen molar-refractivity contribution in [3.05, 3.63) is 29.8 Å². The van der Waals surface area contributed by atoms with Gasteiger partial charge in [-0.1, -0.05) is 0 Å². The van der Waals surface area contributed by atoms with E-state index in [0.29, 0.717) is 5.92 Å². The van der Waals surface area contributed by atoms with Gasteiger partial charge in [0.25, 0.3) is 0 Å². The molecule has 0 aliphatic rings. The molecule has 0 atom stereocenters. The van der Waals surface area contributed by atoms with Gasteiger partial charge in [0, 0.05) is 0 Å². The van der Waals surface area contributed by atoms with Crippen LogP contribution in [-0.2, 0) is 0 Å². The summed E-state index contributed by atoms with van der Waals surface area (Å²) in [4.78, 5) is 7.37. The van der Waals surface area contributed by atoms with E-state index in [2.05, 4.69) is 52.9 Å². The van der Waals surface area contributed by atoms with Gasteiger partial charge in [-0.25, -0.2) is 0 Å². The van der Waals surface area contributed by atoms with Gasteiger partial charge < -0.3 is 0 Å². The first-order valence-electron chi connectivity index (χ1n) is 5.01. The van der Waals surface area contributed by atoms with E-state index in [-0.39, 0.29) is 0 Å². The number of hydrogen-bond acceptors (Lipinski definition) is 0. The Morgan fingerprint density at radius 3 is 1.69 bits per heavy atom. The summed E-state index contributed by atoms with van der Waals surface area (Å²) in [5, 5.41) is 0. The molecule has 0 saturated heterocycles. The Bertz CT molecular complexity index is 264. The first-order chi connectivity index (χ1) is 5.91. The van der Waals surface area contributed by atoms with Crippen LogP contribution in [0.5, 0.6) is 0 Å². The fraction of sp³-hybridized carbons (Fsp3) is 0.500. The Hall–Kier alpha value is 0.0187. The molecule has 13 heavy (non-hydrogen) atoms. The monoisotopic (exact) mass is 284 g/mol. The second-order valence-corrected chi connectivity index (χ2v) is 19.5. The summed E-state index contributed by atoms with van der Waals surface area (Å²) in [7, 11) is 0. The van der Waals surface area contributed by atoms with Crippen molar-refractivity contribution < 1.29 is 0 Å². The summed E-state index contributed by atoms with van der Waals surface area (Å²) in [6.45, 7) is 4.49. The quantitative estimate of drug-likeness (QED) is 0.730. The molecule has 1 aromatic rings. The van der Waals surface area contributed by atoms with Crippen LogP contribution in [0.4, 0.5) is 0 Å². The summed E-state index contributed by atoms with van der Waals surface area (Å²) in [6.07, 6.45) is 0. The van der Waals surface area contributed by atoms with Gasteiger partial charge in [0.2, 0.25) is 0 Å². The molecule has 0 saturated carbocycles. The Labute approximate surface area is 86.2 Å². The molecule has 0 fully saturated rings. The van der Waals surface area contributed by atoms with Crippen LogP contribution in [0.2, 0.25) is 14.8 Å². The molecule has 0 aliphatic heterocycles. The van der Waals surface area contributed by atoms with Gasteiger partial charge in [-0.2, -0.15) is 0 Å². The molecular weight excluding hydrogens is 263 g/mol. The minimum atomic E-state index is -1.79. The Kier molecular flexibility index (Phi) is 3.44. The zero-order chi connectivity index (χ0) is 10.1. The van der Waals surface area contributed by atoms with Crippen LogP contribution in [-0.4, -0.2) is 18.4 Å². The fourth-order valence-electron chi connectivity index (χ4n) is 1.37. The molecule has 72 valence electrons. The van der Waals surface area contributed by atoms with E-state index in [1.807, 2.05) is 0 Å². The first kappa shape index (κ1) is 11.1. The van der Waals surface area contributed by atoms with Crippen LogP contribution in [0.1, 0.15) is 25.3 Å². The SMILES string of the molecule is CC(C)c1cc[c]([Sn]([CH3])([CH3])[CH3])cc1. The predicted octanol–water partition coefficient (Wildman–Crippen LogP) is 3.36. The molecule has 0 nitrogen and oxygen atoms in total. The van der Waals surface area contributed by atoms with Crippen molar-refractivity contribution in [2.45, 2.75) is 34.6 Å². The number of hydrogen-bond donors (Lipinski definition) is 0. The van der Waals surface area contributed by atoms with Crippen molar-refractivity contribution in [3.63, 3.8) is 0 Å². The van der Waals surface area contributed by atoms with Crippen LogP contribution in [0.3, 0.4) is 0 Å². The summed E-state index contributed by atoms with van der Waals surface area (Å²) < 4.78 is 1.62. The maximum absolute atomic E-state index is 2.46. The molecule has 1 aromatic carbocycles. The normalized spacial score (nSPS) is 12.2. The van der Waals surface area contributed by atoms with E-state index in [1.165, 1.54) is 5.56 Å². The standard InChI is InChI=1S/C9H11.3CH3.Sn/c1-8(2)9-6-4-3-5-7-9;;;;/h4-8H,1-2H3;3*1H3;. The van der Waals surface area contributed by atoms with Crippen LogP contribution in [0, 0.1) is 0 Å². The Morgan fingerprint density at radius 2 is 1.38 bits per heavy atom. The van der Waals surface area contributed by atoms with Crippen LogP contribution < -0.4 is 3.58 Å². The second kappa shape index (κ2) is 4.03. The van der Waals surface area contributed by atoms with E-state index in [0.717, 1.165) is 0 Å². The van der Waals surface area contributed by atoms with Gasteiger partial charge in [0.1, 0.15) is 0 Å². The molecule has 0 heterocycles. The van der Waals surface area contributed by atoms with E-state index in [4.69, 9.17) is 0 Å². The number of rotatable bonds is 2. The Balaban J connectivity index is 2.94. The van der Waals surface area contributed by atoms with Crippen molar-refractivity contribution in [2.24, 2.45) is 0 Å². The van der Waals surface area contributed by atoms with Gasteiger partial charge >= 0.3 is 86.4 Å². The molecule has 1 rings (SSSR count). The van der Waals surface area contributed by atoms with Crippen molar-refractivity contribution in [1.82, 2.24) is 0 Å². The zero-order valence-electron chi connectivity index (χ0n) is 9.39. The van der Waals surface area contributed by atoms with Crippen molar-refractivity contribution >= 4 is 22.0 Å². The topological polar surface area (TPSA) is 0 Å². The van der Waals surface area contributed by atoms with Crippen molar-refractivity contribution in [1.29, 1.82) is 0 Å². The third-order valence-electron chi connectivity index (χ3n) is 2.44. The third kappa shape index (κ3) is 3.01. The summed E-state index contributed by atoms with van der Waals surface area (Å²) in [6, 6.07) is 9.27. The summed E-state index contributed by atoms with van der Waals surface area (Å²) in [5.41, 5.74) is 1.46. The average Bonchev–Trinajstić information content (AvgIpc) is 2.03. The predicted molar refractivity (Wildman–Crippen MR) is 63.5 cm³/mol. The van der Waals surface area contributed by atoms with E-state index in [9.17, 15) is 0 Å². The molecule has 0 amide bonds. The minimum absolute atomic E-state index is 0.657. The molecule has 0 aromatic heterocycles. The summed E-state index contributed by atoms with van der Waals surface area (Å²) in [5.74, 6) is 0.657. The van der Waals surface area contributed by atoms with Crippen molar-refractivity contribution in [3.8, 4) is 0 Å². The Morgan fingerprint density at radius 1 is 0.923 bits per heavy atom. The van der Waals surface area contributed by atoms with Crippen LogP contribution in [0.15, 0.2) is 24.3 Å². The van der Waals surface area contributed by atoms with Gasteiger partial charge in [-0.05, 0) is 0 Å². The molecule has 0 spiro atoms. The van der Waals surface area contributed by atoms with Crippen molar-refractivity contribution in [2.75, 3.05) is 0 Å². The maximum atomic E-state index is 2.46. The van der Waals surface area contributed by atoms with E-state index >= 15 is 0 Å². The second-order valence-electron chi connectivity index (χ2n) is 5.03. The molecule has 0 bridgehead atoms. The third-order valence-corrected chi connectivity index (χ3v) is 8.34. The number of benzene rings is 1. The van der Waals surface area contributed by atoms with Gasteiger partial charge in [0.05, 0.1) is 0 Å².